The highest BCUT2D eigenvalue weighted by Gasteiger charge is 2.20. The number of hydrogen-bond donors (Lipinski definition) is 0. The second-order valence-electron chi connectivity index (χ2n) is 5.47. The summed E-state index contributed by atoms with van der Waals surface area (Å²) in [6.45, 7) is 1.94. The lowest BCUT2D eigenvalue weighted by Crippen LogP contribution is -2.17. The van der Waals surface area contributed by atoms with Crippen LogP contribution in [-0.4, -0.2) is 34.0 Å². The number of hydrogen-bond acceptors (Lipinski definition) is 5. The summed E-state index contributed by atoms with van der Waals surface area (Å²) in [6, 6.07) is 8.43. The zero-order valence-electron chi connectivity index (χ0n) is 12.3. The number of aldehydes is 1. The molecule has 6 heteroatoms. The van der Waals surface area contributed by atoms with E-state index in [1.165, 1.54) is 12.3 Å². The van der Waals surface area contributed by atoms with E-state index in [9.17, 15) is 13.2 Å². The molecule has 5 nitrogen and oxygen atoms in total. The van der Waals surface area contributed by atoms with Crippen LogP contribution in [0.15, 0.2) is 39.6 Å². The highest BCUT2D eigenvalue weighted by molar-refractivity contribution is 7.90. The van der Waals surface area contributed by atoms with Crippen LogP contribution >= 0.6 is 0 Å². The fraction of sp³-hybridized carbons (Fsp3) is 0.312. The molecule has 0 radical (unpaired) electrons. The maximum Gasteiger partial charge on any atom is 0.185 e. The molecule has 0 amide bonds. The first kappa shape index (κ1) is 14.8. The second-order valence-corrected chi connectivity index (χ2v) is 7.45. The molecule has 0 bridgehead atoms. The minimum atomic E-state index is -3.39. The Morgan fingerprint density at radius 3 is 2.45 bits per heavy atom. The number of carbonyl (C=O) groups excluding carboxylic acids is 1. The predicted molar refractivity (Wildman–Crippen MR) is 84.1 cm³/mol. The Labute approximate surface area is 129 Å². The van der Waals surface area contributed by atoms with E-state index in [0.29, 0.717) is 17.6 Å². The van der Waals surface area contributed by atoms with Gasteiger partial charge in [-0.25, -0.2) is 8.42 Å². The molecule has 1 aromatic carbocycles. The molecule has 1 aliphatic heterocycles. The van der Waals surface area contributed by atoms with Gasteiger partial charge in [-0.2, -0.15) is 0 Å². The van der Waals surface area contributed by atoms with Crippen molar-refractivity contribution in [3.8, 4) is 11.3 Å². The SMILES string of the molecule is CS(=O)(=O)c1ccc(N2CCCC2)cc1-c1ccc(C=O)o1. The minimum absolute atomic E-state index is 0.182. The monoisotopic (exact) mass is 319 g/mol. The summed E-state index contributed by atoms with van der Waals surface area (Å²) in [4.78, 5) is 13.2. The van der Waals surface area contributed by atoms with Crippen LogP contribution in [0.2, 0.25) is 0 Å². The van der Waals surface area contributed by atoms with Crippen molar-refractivity contribution in [2.45, 2.75) is 17.7 Å². The Morgan fingerprint density at radius 1 is 1.14 bits per heavy atom. The van der Waals surface area contributed by atoms with Crippen LogP contribution in [-0.2, 0) is 9.84 Å². The van der Waals surface area contributed by atoms with Gasteiger partial charge in [-0.1, -0.05) is 0 Å². The quantitative estimate of drug-likeness (QED) is 0.811. The molecule has 0 unspecified atom stereocenters. The summed E-state index contributed by atoms with van der Waals surface area (Å²) >= 11 is 0. The molecule has 2 aromatic rings. The predicted octanol–water partition coefficient (Wildman–Crippen LogP) is 2.76. The van der Waals surface area contributed by atoms with Gasteiger partial charge in [0.05, 0.1) is 4.90 Å². The first-order valence-corrected chi connectivity index (χ1v) is 9.02. The third-order valence-corrected chi connectivity index (χ3v) is 5.00. The van der Waals surface area contributed by atoms with E-state index in [2.05, 4.69) is 4.90 Å². The third kappa shape index (κ3) is 2.78. The maximum atomic E-state index is 12.0. The summed E-state index contributed by atoms with van der Waals surface area (Å²) in [5.74, 6) is 0.574. The van der Waals surface area contributed by atoms with Gasteiger partial charge in [-0.15, -0.1) is 0 Å². The van der Waals surface area contributed by atoms with E-state index in [1.807, 2.05) is 12.1 Å². The van der Waals surface area contributed by atoms with Crippen molar-refractivity contribution >= 4 is 21.8 Å². The largest absolute Gasteiger partial charge is 0.453 e. The molecule has 3 rings (SSSR count). The molecule has 0 saturated carbocycles. The van der Waals surface area contributed by atoms with Crippen molar-refractivity contribution in [1.29, 1.82) is 0 Å². The zero-order valence-corrected chi connectivity index (χ0v) is 13.1. The molecule has 116 valence electrons. The molecular formula is C16H17NO4S. The van der Waals surface area contributed by atoms with Crippen LogP contribution in [0.3, 0.4) is 0 Å². The van der Waals surface area contributed by atoms with Crippen LogP contribution < -0.4 is 4.90 Å². The van der Waals surface area contributed by atoms with Crippen molar-refractivity contribution in [1.82, 2.24) is 0 Å². The van der Waals surface area contributed by atoms with E-state index < -0.39 is 9.84 Å². The third-order valence-electron chi connectivity index (χ3n) is 3.84. The topological polar surface area (TPSA) is 67.6 Å². The number of anilines is 1. The Morgan fingerprint density at radius 2 is 1.86 bits per heavy atom. The first-order chi connectivity index (χ1) is 10.5. The second kappa shape index (κ2) is 5.61. The Kier molecular flexibility index (Phi) is 3.78. The lowest BCUT2D eigenvalue weighted by molar-refractivity contribution is 0.110. The van der Waals surface area contributed by atoms with Gasteiger partial charge in [0.1, 0.15) is 5.76 Å². The standard InChI is InChI=1S/C16H17NO4S/c1-22(19,20)16-7-4-12(17-8-2-3-9-17)10-14(16)15-6-5-13(11-18)21-15/h4-7,10-11H,2-3,8-9H2,1H3. The summed E-state index contributed by atoms with van der Waals surface area (Å²) in [7, 11) is -3.39. The van der Waals surface area contributed by atoms with Gasteiger partial charge in [0.15, 0.2) is 21.9 Å². The van der Waals surface area contributed by atoms with Gasteiger partial charge in [0, 0.05) is 30.6 Å². The highest BCUT2D eigenvalue weighted by atomic mass is 32.2. The molecular weight excluding hydrogens is 302 g/mol. The van der Waals surface area contributed by atoms with E-state index in [0.717, 1.165) is 31.6 Å². The molecule has 0 spiro atoms. The van der Waals surface area contributed by atoms with Crippen LogP contribution in [0.5, 0.6) is 0 Å². The highest BCUT2D eigenvalue weighted by Crippen LogP contribution is 2.33. The molecule has 1 saturated heterocycles. The van der Waals surface area contributed by atoms with Crippen LogP contribution in [0.25, 0.3) is 11.3 Å². The summed E-state index contributed by atoms with van der Waals surface area (Å²) in [5.41, 5.74) is 1.48. The molecule has 0 atom stereocenters. The van der Waals surface area contributed by atoms with Crippen LogP contribution in [0, 0.1) is 0 Å². The van der Waals surface area contributed by atoms with Gasteiger partial charge in [-0.3, -0.25) is 4.79 Å². The lowest BCUT2D eigenvalue weighted by atomic mass is 10.1. The fourth-order valence-corrected chi connectivity index (χ4v) is 3.64. The molecule has 0 aliphatic carbocycles. The number of furan rings is 1. The van der Waals surface area contributed by atoms with E-state index in [-0.39, 0.29) is 10.7 Å². The smallest absolute Gasteiger partial charge is 0.185 e. The normalized spacial score (nSPS) is 15.2. The van der Waals surface area contributed by atoms with Crippen molar-refractivity contribution in [2.24, 2.45) is 0 Å². The van der Waals surface area contributed by atoms with Gasteiger partial charge < -0.3 is 9.32 Å². The number of nitrogens with zero attached hydrogens (tertiary/aromatic N) is 1. The Hall–Kier alpha value is -2.08. The minimum Gasteiger partial charge on any atom is -0.453 e. The average Bonchev–Trinajstić information content (AvgIpc) is 3.17. The van der Waals surface area contributed by atoms with E-state index in [4.69, 9.17) is 4.42 Å². The summed E-state index contributed by atoms with van der Waals surface area (Å²) < 4.78 is 29.4. The fourth-order valence-electron chi connectivity index (χ4n) is 2.77. The number of carbonyl (C=O) groups is 1. The molecule has 1 aromatic heterocycles. The number of rotatable bonds is 4. The van der Waals surface area contributed by atoms with Gasteiger partial charge in [0.2, 0.25) is 0 Å². The first-order valence-electron chi connectivity index (χ1n) is 7.13. The van der Waals surface area contributed by atoms with Crippen molar-refractivity contribution in [2.75, 3.05) is 24.2 Å². The molecule has 0 N–H and O–H groups in total. The van der Waals surface area contributed by atoms with Crippen molar-refractivity contribution in [3.05, 3.63) is 36.1 Å². The number of sulfone groups is 1. The van der Waals surface area contributed by atoms with E-state index >= 15 is 0 Å². The van der Waals surface area contributed by atoms with Gasteiger partial charge >= 0.3 is 0 Å². The van der Waals surface area contributed by atoms with Crippen molar-refractivity contribution in [3.63, 3.8) is 0 Å². The molecule has 1 fully saturated rings. The molecule has 2 heterocycles. The van der Waals surface area contributed by atoms with Crippen molar-refractivity contribution < 1.29 is 17.6 Å². The van der Waals surface area contributed by atoms with Crippen LogP contribution in [0.4, 0.5) is 5.69 Å². The molecule has 1 aliphatic rings. The Balaban J connectivity index is 2.14. The molecule has 22 heavy (non-hydrogen) atoms. The lowest BCUT2D eigenvalue weighted by Gasteiger charge is -2.19. The summed E-state index contributed by atoms with van der Waals surface area (Å²) in [6.07, 6.45) is 4.05. The zero-order chi connectivity index (χ0) is 15.7. The number of benzene rings is 1. The Bertz CT molecular complexity index is 801. The maximum absolute atomic E-state index is 12.0. The van der Waals surface area contributed by atoms with Crippen LogP contribution in [0.1, 0.15) is 23.4 Å². The van der Waals surface area contributed by atoms with Gasteiger partial charge in [0.25, 0.3) is 0 Å². The van der Waals surface area contributed by atoms with Gasteiger partial charge in [-0.05, 0) is 43.2 Å². The average molecular weight is 319 g/mol. The van der Waals surface area contributed by atoms with E-state index in [1.54, 1.807) is 12.1 Å². The summed E-state index contributed by atoms with van der Waals surface area (Å²) in [5, 5.41) is 0.